The number of morpholine rings is 2. The molecule has 2 aromatic rings. The van der Waals surface area contributed by atoms with Crippen LogP contribution in [0.3, 0.4) is 0 Å². The molecule has 0 aliphatic carbocycles. The zero-order chi connectivity index (χ0) is 26.0. The van der Waals surface area contributed by atoms with Gasteiger partial charge in [0.05, 0.1) is 31.5 Å². The minimum absolute atomic E-state index is 0.00859. The number of thiophene rings is 1. The molecular weight excluding hydrogens is 535 g/mol. The number of amides is 1. The highest BCUT2D eigenvalue weighted by Gasteiger charge is 2.25. The Labute approximate surface area is 231 Å². The second-order valence-corrected chi connectivity index (χ2v) is 11.1. The van der Waals surface area contributed by atoms with E-state index in [-0.39, 0.29) is 18.2 Å². The number of carbonyl (C=O) groups is 2. The highest BCUT2D eigenvalue weighted by molar-refractivity contribution is 7.16. The Morgan fingerprint density at radius 2 is 1.95 bits per heavy atom. The van der Waals surface area contributed by atoms with E-state index in [0.29, 0.717) is 47.8 Å². The summed E-state index contributed by atoms with van der Waals surface area (Å²) in [6.45, 7) is 6.90. The van der Waals surface area contributed by atoms with E-state index >= 15 is 0 Å². The van der Waals surface area contributed by atoms with Gasteiger partial charge in [-0.3, -0.25) is 14.5 Å². The number of rotatable bonds is 11. The van der Waals surface area contributed by atoms with Crippen LogP contribution >= 0.6 is 34.5 Å². The van der Waals surface area contributed by atoms with Crippen LogP contribution in [0.5, 0.6) is 0 Å². The Kier molecular flexibility index (Phi) is 10.8. The number of nitrogens with one attached hydrogen (secondary N) is 3. The standard InChI is InChI=1S/C26H32Cl2N4O4S/c27-19-3-1-18(2-4-19)14-31-26(34)23(16-29-6-5-20-15-30-7-10-36-20)24(33)22-13-21(37-25(22)28)17-32-8-11-35-12-9-32/h1-4,13,16,20,29-30H,5-12,14-15,17H2,(H,31,34). The summed E-state index contributed by atoms with van der Waals surface area (Å²) in [6.07, 6.45) is 2.34. The molecule has 0 saturated carbocycles. The molecule has 1 atom stereocenters. The van der Waals surface area contributed by atoms with E-state index in [1.54, 1.807) is 18.2 Å². The lowest BCUT2D eigenvalue weighted by Crippen LogP contribution is -2.39. The summed E-state index contributed by atoms with van der Waals surface area (Å²) >= 11 is 13.8. The van der Waals surface area contributed by atoms with Crippen LogP contribution in [0.25, 0.3) is 0 Å². The van der Waals surface area contributed by atoms with Crippen molar-refractivity contribution in [2.45, 2.75) is 25.6 Å². The van der Waals surface area contributed by atoms with Crippen molar-refractivity contribution >= 4 is 46.2 Å². The van der Waals surface area contributed by atoms with Gasteiger partial charge in [0.1, 0.15) is 9.91 Å². The van der Waals surface area contributed by atoms with Gasteiger partial charge in [-0.15, -0.1) is 11.3 Å². The molecule has 4 rings (SSSR count). The fourth-order valence-corrected chi connectivity index (χ4v) is 5.59. The molecule has 200 valence electrons. The first-order chi connectivity index (χ1) is 18.0. The van der Waals surface area contributed by atoms with Crippen LogP contribution in [0.1, 0.15) is 27.2 Å². The highest BCUT2D eigenvalue weighted by Crippen LogP contribution is 2.30. The first-order valence-corrected chi connectivity index (χ1v) is 14.0. The maximum Gasteiger partial charge on any atom is 0.257 e. The van der Waals surface area contributed by atoms with Gasteiger partial charge in [0.25, 0.3) is 5.91 Å². The Bertz CT molecular complexity index is 1080. The predicted octanol–water partition coefficient (Wildman–Crippen LogP) is 3.24. The number of benzene rings is 1. The van der Waals surface area contributed by atoms with E-state index in [1.807, 2.05) is 12.1 Å². The van der Waals surface area contributed by atoms with Crippen molar-refractivity contribution in [2.75, 3.05) is 52.5 Å². The average Bonchev–Trinajstić information content (AvgIpc) is 3.28. The van der Waals surface area contributed by atoms with Gasteiger partial charge in [0.15, 0.2) is 0 Å². The SMILES string of the molecule is O=C(NCc1ccc(Cl)cc1)C(=CNCCC1CNCCO1)C(=O)c1cc(CN2CCOCC2)sc1Cl. The molecule has 37 heavy (non-hydrogen) atoms. The molecule has 1 amide bonds. The smallest absolute Gasteiger partial charge is 0.257 e. The van der Waals surface area contributed by atoms with Crippen molar-refractivity contribution in [3.63, 3.8) is 0 Å². The van der Waals surface area contributed by atoms with Crippen molar-refractivity contribution in [2.24, 2.45) is 0 Å². The average molecular weight is 568 g/mol. The van der Waals surface area contributed by atoms with Gasteiger partial charge in [-0.1, -0.05) is 35.3 Å². The molecule has 3 heterocycles. The number of ether oxygens (including phenoxy) is 2. The third kappa shape index (κ3) is 8.51. The molecular formula is C26H32Cl2N4O4S. The second-order valence-electron chi connectivity index (χ2n) is 8.92. The van der Waals surface area contributed by atoms with Crippen molar-refractivity contribution in [1.29, 1.82) is 0 Å². The number of hydrogen-bond donors (Lipinski definition) is 3. The van der Waals surface area contributed by atoms with Crippen molar-refractivity contribution < 1.29 is 19.1 Å². The number of Topliss-reactive ketones (excluding diaryl/α,β-unsaturated/α-hetero) is 1. The van der Waals surface area contributed by atoms with Crippen LogP contribution in [0.2, 0.25) is 9.36 Å². The van der Waals surface area contributed by atoms with Crippen LogP contribution in [-0.4, -0.2) is 75.2 Å². The quantitative estimate of drug-likeness (QED) is 0.126. The lowest BCUT2D eigenvalue weighted by atomic mass is 10.1. The van der Waals surface area contributed by atoms with Crippen molar-refractivity contribution in [3.05, 3.63) is 67.5 Å². The molecule has 11 heteroatoms. The lowest BCUT2D eigenvalue weighted by molar-refractivity contribution is -0.117. The largest absolute Gasteiger partial charge is 0.390 e. The van der Waals surface area contributed by atoms with Gasteiger partial charge in [0, 0.05) is 61.9 Å². The summed E-state index contributed by atoms with van der Waals surface area (Å²) in [5.74, 6) is -0.883. The first kappa shape index (κ1) is 28.0. The van der Waals surface area contributed by atoms with Crippen LogP contribution in [0, 0.1) is 0 Å². The van der Waals surface area contributed by atoms with E-state index < -0.39 is 11.7 Å². The van der Waals surface area contributed by atoms with Gasteiger partial charge in [-0.05, 0) is 30.2 Å². The molecule has 0 spiro atoms. The lowest BCUT2D eigenvalue weighted by Gasteiger charge is -2.25. The zero-order valence-electron chi connectivity index (χ0n) is 20.6. The Morgan fingerprint density at radius 1 is 1.16 bits per heavy atom. The summed E-state index contributed by atoms with van der Waals surface area (Å²) < 4.78 is 11.5. The number of halogens is 2. The fourth-order valence-electron chi connectivity index (χ4n) is 4.11. The Balaban J connectivity index is 1.44. The fraction of sp³-hybridized carbons (Fsp3) is 0.462. The molecule has 3 N–H and O–H groups in total. The minimum atomic E-state index is -0.472. The molecule has 8 nitrogen and oxygen atoms in total. The van der Waals surface area contributed by atoms with Gasteiger partial charge >= 0.3 is 0 Å². The summed E-state index contributed by atoms with van der Waals surface area (Å²) in [4.78, 5) is 29.9. The summed E-state index contributed by atoms with van der Waals surface area (Å²) in [5, 5.41) is 9.89. The maximum absolute atomic E-state index is 13.5. The highest BCUT2D eigenvalue weighted by atomic mass is 35.5. The number of carbonyl (C=O) groups excluding carboxylic acids is 2. The molecule has 0 radical (unpaired) electrons. The number of hydrogen-bond acceptors (Lipinski definition) is 8. The molecule has 2 aliphatic heterocycles. The second kappa shape index (κ2) is 14.2. The monoisotopic (exact) mass is 566 g/mol. The van der Waals surface area contributed by atoms with Gasteiger partial charge < -0.3 is 25.4 Å². The van der Waals surface area contributed by atoms with Crippen LogP contribution in [0.15, 0.2) is 42.1 Å². The molecule has 1 aromatic heterocycles. The molecule has 2 fully saturated rings. The number of ketones is 1. The van der Waals surface area contributed by atoms with E-state index in [4.69, 9.17) is 32.7 Å². The van der Waals surface area contributed by atoms with E-state index in [2.05, 4.69) is 20.9 Å². The van der Waals surface area contributed by atoms with Gasteiger partial charge in [-0.2, -0.15) is 0 Å². The van der Waals surface area contributed by atoms with Crippen molar-refractivity contribution in [3.8, 4) is 0 Å². The molecule has 2 saturated heterocycles. The van der Waals surface area contributed by atoms with E-state index in [1.165, 1.54) is 17.5 Å². The van der Waals surface area contributed by atoms with E-state index in [0.717, 1.165) is 43.0 Å². The van der Waals surface area contributed by atoms with Crippen molar-refractivity contribution in [1.82, 2.24) is 20.9 Å². The van der Waals surface area contributed by atoms with Crippen LogP contribution in [0.4, 0.5) is 0 Å². The molecule has 1 aromatic carbocycles. The third-order valence-electron chi connectivity index (χ3n) is 6.18. The summed E-state index contributed by atoms with van der Waals surface area (Å²) in [7, 11) is 0. The Hall–Kier alpha value is -1.98. The maximum atomic E-state index is 13.5. The zero-order valence-corrected chi connectivity index (χ0v) is 22.9. The first-order valence-electron chi connectivity index (χ1n) is 12.4. The predicted molar refractivity (Wildman–Crippen MR) is 146 cm³/mol. The van der Waals surface area contributed by atoms with Gasteiger partial charge in [0.2, 0.25) is 5.78 Å². The number of nitrogens with zero attached hydrogens (tertiary/aromatic N) is 1. The normalized spacial score (nSPS) is 19.0. The molecule has 1 unspecified atom stereocenters. The molecule has 2 aliphatic rings. The van der Waals surface area contributed by atoms with Gasteiger partial charge in [-0.25, -0.2) is 0 Å². The van der Waals surface area contributed by atoms with E-state index in [9.17, 15) is 9.59 Å². The Morgan fingerprint density at radius 3 is 2.68 bits per heavy atom. The van der Waals surface area contributed by atoms with Crippen LogP contribution < -0.4 is 16.0 Å². The summed E-state index contributed by atoms with van der Waals surface area (Å²) in [6, 6.07) is 8.98. The topological polar surface area (TPSA) is 91.9 Å². The van der Waals surface area contributed by atoms with Crippen LogP contribution in [-0.2, 0) is 27.4 Å². The minimum Gasteiger partial charge on any atom is -0.390 e. The third-order valence-corrected chi connectivity index (χ3v) is 7.78. The summed E-state index contributed by atoms with van der Waals surface area (Å²) in [5.41, 5.74) is 1.22. The molecule has 0 bridgehead atoms.